The molecule has 1 aromatic rings. The Bertz CT molecular complexity index is 455. The maximum absolute atomic E-state index is 11.8. The fourth-order valence-corrected chi connectivity index (χ4v) is 1.57. The number of carbonyl (C=O) groups is 1. The molecule has 0 amide bonds. The van der Waals surface area contributed by atoms with Crippen LogP contribution in [0, 0.1) is 6.92 Å². The Balaban J connectivity index is 2.38. The first kappa shape index (κ1) is 16.5. The molecule has 0 radical (unpaired) electrons. The molecule has 20 heavy (non-hydrogen) atoms. The number of Topliss-reactive ketones (excluding diaryl/α,β-unsaturated/α-hetero) is 1. The number of alkyl halides is 3. The molecule has 0 heterocycles. The Morgan fingerprint density at radius 3 is 2.55 bits per heavy atom. The predicted octanol–water partition coefficient (Wildman–Crippen LogP) is 3.55. The summed E-state index contributed by atoms with van der Waals surface area (Å²) in [6.07, 6.45) is -3.99. The summed E-state index contributed by atoms with van der Waals surface area (Å²) in [4.78, 5) is 11.4. The SMILES string of the molecule is CC(=O)c1ccc(C)cc1OCCCOCC(F)(F)F. The number of halogens is 3. The Morgan fingerprint density at radius 2 is 1.95 bits per heavy atom. The standard InChI is InChI=1S/C14H17F3O3/c1-10-4-5-12(11(2)18)13(8-10)20-7-3-6-19-9-14(15,16)17/h4-5,8H,3,6-7,9H2,1-2H3. The molecule has 0 bridgehead atoms. The third-order valence-electron chi connectivity index (χ3n) is 2.47. The van der Waals surface area contributed by atoms with Crippen molar-refractivity contribution in [2.75, 3.05) is 19.8 Å². The highest BCUT2D eigenvalue weighted by Gasteiger charge is 2.27. The van der Waals surface area contributed by atoms with Gasteiger partial charge < -0.3 is 9.47 Å². The molecule has 0 atom stereocenters. The quantitative estimate of drug-likeness (QED) is 0.569. The van der Waals surface area contributed by atoms with E-state index < -0.39 is 12.8 Å². The maximum Gasteiger partial charge on any atom is 0.411 e. The van der Waals surface area contributed by atoms with Crippen molar-refractivity contribution in [3.63, 3.8) is 0 Å². The van der Waals surface area contributed by atoms with Gasteiger partial charge in [-0.25, -0.2) is 0 Å². The number of hydrogen-bond donors (Lipinski definition) is 0. The Kier molecular flexibility index (Phi) is 6.01. The number of ether oxygens (including phenoxy) is 2. The number of benzene rings is 1. The molecule has 0 aromatic heterocycles. The van der Waals surface area contributed by atoms with E-state index in [0.29, 0.717) is 17.7 Å². The molecule has 0 aliphatic heterocycles. The second kappa shape index (κ2) is 7.28. The van der Waals surface area contributed by atoms with E-state index in [2.05, 4.69) is 4.74 Å². The second-order valence-electron chi connectivity index (χ2n) is 4.43. The molecule has 112 valence electrons. The summed E-state index contributed by atoms with van der Waals surface area (Å²) in [5, 5.41) is 0. The van der Waals surface area contributed by atoms with Crippen LogP contribution in [-0.2, 0) is 4.74 Å². The minimum atomic E-state index is -4.31. The van der Waals surface area contributed by atoms with Gasteiger partial charge in [0.05, 0.1) is 18.8 Å². The lowest BCUT2D eigenvalue weighted by atomic mass is 10.1. The van der Waals surface area contributed by atoms with Crippen LogP contribution in [0.25, 0.3) is 0 Å². The summed E-state index contributed by atoms with van der Waals surface area (Å²) >= 11 is 0. The van der Waals surface area contributed by atoms with Gasteiger partial charge in [0.15, 0.2) is 5.78 Å². The van der Waals surface area contributed by atoms with Crippen LogP contribution in [0.5, 0.6) is 5.75 Å². The van der Waals surface area contributed by atoms with Gasteiger partial charge in [-0.15, -0.1) is 0 Å². The van der Waals surface area contributed by atoms with Crippen molar-refractivity contribution < 1.29 is 27.4 Å². The van der Waals surface area contributed by atoms with Gasteiger partial charge in [0.25, 0.3) is 0 Å². The van der Waals surface area contributed by atoms with E-state index in [9.17, 15) is 18.0 Å². The predicted molar refractivity (Wildman–Crippen MR) is 68.2 cm³/mol. The first-order valence-corrected chi connectivity index (χ1v) is 6.18. The molecule has 0 N–H and O–H groups in total. The van der Waals surface area contributed by atoms with Crippen molar-refractivity contribution in [1.82, 2.24) is 0 Å². The van der Waals surface area contributed by atoms with Crippen LogP contribution in [-0.4, -0.2) is 31.8 Å². The summed E-state index contributed by atoms with van der Waals surface area (Å²) in [6.45, 7) is 2.20. The average Bonchev–Trinajstić information content (AvgIpc) is 2.32. The summed E-state index contributed by atoms with van der Waals surface area (Å²) in [7, 11) is 0. The molecule has 3 nitrogen and oxygen atoms in total. The number of rotatable bonds is 7. The van der Waals surface area contributed by atoms with Crippen molar-refractivity contribution in [2.45, 2.75) is 26.4 Å². The van der Waals surface area contributed by atoms with Crippen LogP contribution in [0.1, 0.15) is 29.3 Å². The van der Waals surface area contributed by atoms with Gasteiger partial charge in [0, 0.05) is 6.42 Å². The highest BCUT2D eigenvalue weighted by Crippen LogP contribution is 2.21. The fraction of sp³-hybridized carbons (Fsp3) is 0.500. The van der Waals surface area contributed by atoms with Crippen LogP contribution in [0.2, 0.25) is 0 Å². The minimum absolute atomic E-state index is 0.0409. The Labute approximate surface area is 115 Å². The van der Waals surface area contributed by atoms with Crippen molar-refractivity contribution in [3.05, 3.63) is 29.3 Å². The van der Waals surface area contributed by atoms with Crippen LogP contribution in [0.4, 0.5) is 13.2 Å². The van der Waals surface area contributed by atoms with Crippen LogP contribution < -0.4 is 4.74 Å². The number of ketones is 1. The van der Waals surface area contributed by atoms with E-state index in [0.717, 1.165) is 5.56 Å². The highest BCUT2D eigenvalue weighted by atomic mass is 19.4. The first-order chi connectivity index (χ1) is 9.29. The summed E-state index contributed by atoms with van der Waals surface area (Å²) < 4.78 is 45.4. The van der Waals surface area contributed by atoms with Crippen molar-refractivity contribution in [1.29, 1.82) is 0 Å². The van der Waals surface area contributed by atoms with Gasteiger partial charge >= 0.3 is 6.18 Å². The summed E-state index contributed by atoms with van der Waals surface area (Å²) in [5.74, 6) is 0.335. The normalized spacial score (nSPS) is 11.4. The Morgan fingerprint density at radius 1 is 1.25 bits per heavy atom. The molecular weight excluding hydrogens is 273 g/mol. The van der Waals surface area contributed by atoms with Crippen LogP contribution in [0.3, 0.4) is 0 Å². The molecule has 0 saturated carbocycles. The molecule has 1 rings (SSSR count). The molecule has 0 aliphatic carbocycles. The van der Waals surface area contributed by atoms with Crippen molar-refractivity contribution >= 4 is 5.78 Å². The molecule has 0 unspecified atom stereocenters. The molecule has 0 fully saturated rings. The molecule has 6 heteroatoms. The summed E-state index contributed by atoms with van der Waals surface area (Å²) in [5.41, 5.74) is 1.41. The summed E-state index contributed by atoms with van der Waals surface area (Å²) in [6, 6.07) is 5.20. The van der Waals surface area contributed by atoms with E-state index in [4.69, 9.17) is 4.74 Å². The fourth-order valence-electron chi connectivity index (χ4n) is 1.57. The van der Waals surface area contributed by atoms with Crippen molar-refractivity contribution in [2.24, 2.45) is 0 Å². The zero-order valence-electron chi connectivity index (χ0n) is 11.4. The number of aryl methyl sites for hydroxylation is 1. The number of carbonyl (C=O) groups excluding carboxylic acids is 1. The molecule has 0 aliphatic rings. The highest BCUT2D eigenvalue weighted by molar-refractivity contribution is 5.96. The molecular formula is C14H17F3O3. The van der Waals surface area contributed by atoms with Gasteiger partial charge in [-0.3, -0.25) is 4.79 Å². The van der Waals surface area contributed by atoms with Gasteiger partial charge in [-0.2, -0.15) is 13.2 Å². The van der Waals surface area contributed by atoms with Gasteiger partial charge in [0.2, 0.25) is 0 Å². The lowest BCUT2D eigenvalue weighted by Crippen LogP contribution is -2.18. The smallest absolute Gasteiger partial charge is 0.411 e. The minimum Gasteiger partial charge on any atom is -0.493 e. The molecule has 0 saturated heterocycles. The van der Waals surface area contributed by atoms with E-state index in [1.807, 2.05) is 6.92 Å². The van der Waals surface area contributed by atoms with Crippen molar-refractivity contribution in [3.8, 4) is 5.75 Å². The van der Waals surface area contributed by atoms with E-state index in [-0.39, 0.29) is 19.0 Å². The largest absolute Gasteiger partial charge is 0.493 e. The van der Waals surface area contributed by atoms with Gasteiger partial charge in [-0.05, 0) is 31.5 Å². The van der Waals surface area contributed by atoms with Crippen LogP contribution >= 0.6 is 0 Å². The molecule has 0 spiro atoms. The molecule has 1 aromatic carbocycles. The zero-order valence-corrected chi connectivity index (χ0v) is 11.4. The van der Waals surface area contributed by atoms with Gasteiger partial charge in [0.1, 0.15) is 12.4 Å². The van der Waals surface area contributed by atoms with E-state index in [1.165, 1.54) is 6.92 Å². The first-order valence-electron chi connectivity index (χ1n) is 6.18. The lowest BCUT2D eigenvalue weighted by Gasteiger charge is -2.11. The second-order valence-corrected chi connectivity index (χ2v) is 4.43. The average molecular weight is 290 g/mol. The third-order valence-corrected chi connectivity index (χ3v) is 2.47. The van der Waals surface area contributed by atoms with Gasteiger partial charge in [-0.1, -0.05) is 6.07 Å². The zero-order chi connectivity index (χ0) is 15.2. The number of hydrogen-bond acceptors (Lipinski definition) is 3. The maximum atomic E-state index is 11.8. The van der Waals surface area contributed by atoms with E-state index in [1.54, 1.807) is 18.2 Å². The lowest BCUT2D eigenvalue weighted by molar-refractivity contribution is -0.174. The topological polar surface area (TPSA) is 35.5 Å². The monoisotopic (exact) mass is 290 g/mol. The Hall–Kier alpha value is -1.56. The van der Waals surface area contributed by atoms with Crippen LogP contribution in [0.15, 0.2) is 18.2 Å². The van der Waals surface area contributed by atoms with E-state index >= 15 is 0 Å². The third kappa shape index (κ3) is 6.06.